The van der Waals surface area contributed by atoms with Gasteiger partial charge in [-0.1, -0.05) is 5.16 Å². The van der Waals surface area contributed by atoms with E-state index in [1.165, 1.54) is 18.2 Å². The Kier molecular flexibility index (Phi) is 3.15. The summed E-state index contributed by atoms with van der Waals surface area (Å²) >= 11 is 0. The summed E-state index contributed by atoms with van der Waals surface area (Å²) in [5, 5.41) is 16.8. The number of benzene rings is 1. The van der Waals surface area contributed by atoms with Crippen molar-refractivity contribution in [3.05, 3.63) is 45.6 Å². The molecule has 0 spiro atoms. The van der Waals surface area contributed by atoms with Gasteiger partial charge in [0, 0.05) is 17.7 Å². The van der Waals surface area contributed by atoms with Crippen LogP contribution in [-0.4, -0.2) is 16.0 Å². The van der Waals surface area contributed by atoms with Crippen molar-refractivity contribution in [1.82, 2.24) is 5.16 Å². The zero-order valence-electron chi connectivity index (χ0n) is 9.91. The molecule has 0 saturated carbocycles. The summed E-state index contributed by atoms with van der Waals surface area (Å²) in [6.07, 6.45) is 0. The van der Waals surface area contributed by atoms with E-state index in [4.69, 9.17) is 10.3 Å². The highest BCUT2D eigenvalue weighted by Crippen LogP contribution is 2.23. The van der Waals surface area contributed by atoms with Crippen molar-refractivity contribution in [2.45, 2.75) is 6.92 Å². The van der Waals surface area contributed by atoms with Gasteiger partial charge in [-0.3, -0.25) is 20.2 Å². The van der Waals surface area contributed by atoms with E-state index in [-0.39, 0.29) is 22.8 Å². The number of nitrogens with zero attached hydrogens (tertiary/aromatic N) is 2. The molecule has 0 atom stereocenters. The summed E-state index contributed by atoms with van der Waals surface area (Å²) in [5.41, 5.74) is 5.84. The van der Waals surface area contributed by atoms with Gasteiger partial charge < -0.3 is 10.3 Å². The second-order valence-electron chi connectivity index (χ2n) is 3.82. The number of aryl methyl sites for hydroxylation is 1. The smallest absolute Gasteiger partial charge is 0.292 e. The molecule has 0 bridgehead atoms. The summed E-state index contributed by atoms with van der Waals surface area (Å²) in [5.74, 6) is -0.374. The fourth-order valence-electron chi connectivity index (χ4n) is 1.45. The number of anilines is 2. The minimum Gasteiger partial charge on any atom is -0.393 e. The normalized spacial score (nSPS) is 10.2. The highest BCUT2D eigenvalue weighted by atomic mass is 16.6. The number of carbonyl (C=O) groups excluding carboxylic acids is 1. The van der Waals surface area contributed by atoms with Gasteiger partial charge >= 0.3 is 0 Å². The molecular weight excluding hydrogens is 252 g/mol. The molecular formula is C11H10N4O4. The lowest BCUT2D eigenvalue weighted by molar-refractivity contribution is -0.383. The molecule has 3 N–H and O–H groups in total. The van der Waals surface area contributed by atoms with Gasteiger partial charge in [-0.05, 0) is 19.1 Å². The number of nitro groups is 1. The van der Waals surface area contributed by atoms with Crippen LogP contribution in [0, 0.1) is 17.0 Å². The van der Waals surface area contributed by atoms with Gasteiger partial charge in [0.15, 0.2) is 0 Å². The predicted molar refractivity (Wildman–Crippen MR) is 66.7 cm³/mol. The highest BCUT2D eigenvalue weighted by molar-refractivity contribution is 6.04. The topological polar surface area (TPSA) is 124 Å². The van der Waals surface area contributed by atoms with Crippen molar-refractivity contribution < 1.29 is 14.2 Å². The van der Waals surface area contributed by atoms with E-state index >= 15 is 0 Å². The molecule has 8 heteroatoms. The van der Waals surface area contributed by atoms with Crippen LogP contribution in [0.4, 0.5) is 17.3 Å². The van der Waals surface area contributed by atoms with Crippen LogP contribution in [-0.2, 0) is 0 Å². The van der Waals surface area contributed by atoms with Crippen molar-refractivity contribution >= 4 is 23.2 Å². The van der Waals surface area contributed by atoms with Gasteiger partial charge in [0.05, 0.1) is 10.6 Å². The van der Waals surface area contributed by atoms with Gasteiger partial charge in [-0.15, -0.1) is 0 Å². The Balaban J connectivity index is 2.24. The zero-order valence-corrected chi connectivity index (χ0v) is 9.91. The molecule has 98 valence electrons. The van der Waals surface area contributed by atoms with Crippen LogP contribution in [0.5, 0.6) is 0 Å². The Morgan fingerprint density at radius 1 is 1.47 bits per heavy atom. The van der Waals surface area contributed by atoms with E-state index in [0.717, 1.165) is 6.07 Å². The molecule has 1 aromatic heterocycles. The van der Waals surface area contributed by atoms with Crippen LogP contribution < -0.4 is 11.1 Å². The number of nitrogen functional groups attached to an aromatic ring is 1. The first-order valence-electron chi connectivity index (χ1n) is 5.26. The zero-order chi connectivity index (χ0) is 14.0. The summed E-state index contributed by atoms with van der Waals surface area (Å²) in [7, 11) is 0. The molecule has 0 aliphatic heterocycles. The molecule has 0 unspecified atom stereocenters. The van der Waals surface area contributed by atoms with Crippen LogP contribution in [0.15, 0.2) is 28.8 Å². The number of rotatable bonds is 3. The van der Waals surface area contributed by atoms with Crippen molar-refractivity contribution in [3.63, 3.8) is 0 Å². The number of nitrogens with one attached hydrogen (secondary N) is 1. The van der Waals surface area contributed by atoms with Gasteiger partial charge in [0.2, 0.25) is 5.88 Å². The quantitative estimate of drug-likeness (QED) is 0.493. The van der Waals surface area contributed by atoms with Crippen LogP contribution in [0.1, 0.15) is 16.1 Å². The van der Waals surface area contributed by atoms with E-state index in [1.807, 2.05) is 0 Å². The Hall–Kier alpha value is -2.90. The van der Waals surface area contributed by atoms with E-state index in [0.29, 0.717) is 5.69 Å². The van der Waals surface area contributed by atoms with Crippen LogP contribution in [0.3, 0.4) is 0 Å². The maximum Gasteiger partial charge on any atom is 0.292 e. The maximum absolute atomic E-state index is 11.8. The number of hydrogen-bond acceptors (Lipinski definition) is 6. The Labute approximate surface area is 107 Å². The molecule has 8 nitrogen and oxygen atoms in total. The van der Waals surface area contributed by atoms with E-state index in [2.05, 4.69) is 10.5 Å². The summed E-state index contributed by atoms with van der Waals surface area (Å²) in [6.45, 7) is 1.70. The Morgan fingerprint density at radius 3 is 2.79 bits per heavy atom. The molecule has 0 aliphatic carbocycles. The first kappa shape index (κ1) is 12.6. The van der Waals surface area contributed by atoms with Crippen molar-refractivity contribution in [2.24, 2.45) is 0 Å². The van der Waals surface area contributed by atoms with E-state index in [9.17, 15) is 14.9 Å². The molecule has 2 aromatic rings. The predicted octanol–water partition coefficient (Wildman–Crippen LogP) is 1.73. The van der Waals surface area contributed by atoms with Gasteiger partial charge in [0.25, 0.3) is 11.6 Å². The van der Waals surface area contributed by atoms with Crippen molar-refractivity contribution in [1.29, 1.82) is 0 Å². The molecule has 1 aromatic carbocycles. The van der Waals surface area contributed by atoms with Crippen LogP contribution in [0.2, 0.25) is 0 Å². The number of nitro benzene ring substituents is 1. The highest BCUT2D eigenvalue weighted by Gasteiger charge is 2.16. The molecule has 1 heterocycles. The number of carbonyl (C=O) groups is 1. The van der Waals surface area contributed by atoms with Crippen molar-refractivity contribution in [2.75, 3.05) is 11.1 Å². The average molecular weight is 262 g/mol. The molecule has 1 amide bonds. The van der Waals surface area contributed by atoms with Gasteiger partial charge in [-0.25, -0.2) is 0 Å². The number of amides is 1. The minimum absolute atomic E-state index is 0.00272. The van der Waals surface area contributed by atoms with Gasteiger partial charge in [-0.2, -0.15) is 0 Å². The van der Waals surface area contributed by atoms with Crippen molar-refractivity contribution in [3.8, 4) is 0 Å². The first-order chi connectivity index (χ1) is 8.97. The number of nitrogens with two attached hydrogens (primary N) is 1. The summed E-state index contributed by atoms with van der Waals surface area (Å²) in [6, 6.07) is 5.33. The molecule has 2 rings (SSSR count). The van der Waals surface area contributed by atoms with E-state index < -0.39 is 10.8 Å². The Morgan fingerprint density at radius 2 is 2.21 bits per heavy atom. The van der Waals surface area contributed by atoms with Crippen LogP contribution >= 0.6 is 0 Å². The van der Waals surface area contributed by atoms with Gasteiger partial charge in [0.1, 0.15) is 5.69 Å². The molecule has 0 aliphatic rings. The molecule has 0 saturated heterocycles. The maximum atomic E-state index is 11.8. The first-order valence-corrected chi connectivity index (χ1v) is 5.26. The third-order valence-electron chi connectivity index (χ3n) is 2.35. The number of aromatic nitrogens is 1. The Bertz CT molecular complexity index is 650. The third-order valence-corrected chi connectivity index (χ3v) is 2.35. The largest absolute Gasteiger partial charge is 0.393 e. The second-order valence-corrected chi connectivity index (χ2v) is 3.82. The lowest BCUT2D eigenvalue weighted by Gasteiger charge is -2.02. The molecule has 0 fully saturated rings. The lowest BCUT2D eigenvalue weighted by Crippen LogP contribution is -2.12. The molecule has 0 radical (unpaired) electrons. The standard InChI is InChI=1S/C11H10N4O4/c1-6-4-10(19-14-6)13-11(16)7-2-3-8(12)9(5-7)15(17)18/h2-5H,12H2,1H3,(H,13,16). The SMILES string of the molecule is Cc1cc(NC(=O)c2ccc(N)c([N+](=O)[O-])c2)on1. The van der Waals surface area contributed by atoms with E-state index in [1.54, 1.807) is 6.92 Å². The lowest BCUT2D eigenvalue weighted by atomic mass is 10.1. The number of hydrogen-bond donors (Lipinski definition) is 2. The fourth-order valence-corrected chi connectivity index (χ4v) is 1.45. The average Bonchev–Trinajstić information content (AvgIpc) is 2.74. The summed E-state index contributed by atoms with van der Waals surface area (Å²) in [4.78, 5) is 21.9. The third kappa shape index (κ3) is 2.68. The monoisotopic (exact) mass is 262 g/mol. The second kappa shape index (κ2) is 4.77. The molecule has 19 heavy (non-hydrogen) atoms. The summed E-state index contributed by atoms with van der Waals surface area (Å²) < 4.78 is 4.82. The minimum atomic E-state index is -0.648. The van der Waals surface area contributed by atoms with Crippen LogP contribution in [0.25, 0.3) is 0 Å². The fraction of sp³-hybridized carbons (Fsp3) is 0.0909.